The number of carbonyl (C=O) groups is 1. The van der Waals surface area contributed by atoms with Gasteiger partial charge in [0, 0.05) is 55.7 Å². The number of halogens is 1. The molecule has 0 radical (unpaired) electrons. The second-order valence-corrected chi connectivity index (χ2v) is 6.92. The van der Waals surface area contributed by atoms with Crippen LogP contribution in [0.4, 0.5) is 16.2 Å². The number of urea groups is 1. The van der Waals surface area contributed by atoms with Crippen molar-refractivity contribution in [2.75, 3.05) is 49.5 Å². The van der Waals surface area contributed by atoms with Gasteiger partial charge in [0.1, 0.15) is 0 Å². The SMILES string of the molecule is Cc1ccc(N2CCN(CCNC(=O)Nc3ccccc3)CC2)cc1Cl. The van der Waals surface area contributed by atoms with Crippen molar-refractivity contribution in [1.29, 1.82) is 0 Å². The second kappa shape index (κ2) is 8.92. The number of piperazine rings is 1. The highest BCUT2D eigenvalue weighted by Gasteiger charge is 2.17. The number of aryl methyl sites for hydroxylation is 1. The zero-order valence-electron chi connectivity index (χ0n) is 15.0. The van der Waals surface area contributed by atoms with Crippen LogP contribution in [0.3, 0.4) is 0 Å². The maximum Gasteiger partial charge on any atom is 0.319 e. The van der Waals surface area contributed by atoms with Gasteiger partial charge in [-0.3, -0.25) is 4.90 Å². The summed E-state index contributed by atoms with van der Waals surface area (Å²) >= 11 is 6.23. The number of rotatable bonds is 5. The molecule has 26 heavy (non-hydrogen) atoms. The zero-order chi connectivity index (χ0) is 18.4. The molecule has 2 aromatic rings. The van der Waals surface area contributed by atoms with Crippen molar-refractivity contribution in [3.8, 4) is 0 Å². The molecule has 0 unspecified atom stereocenters. The summed E-state index contributed by atoms with van der Waals surface area (Å²) in [5, 5.41) is 6.56. The molecule has 6 heteroatoms. The van der Waals surface area contributed by atoms with Gasteiger partial charge in [0.2, 0.25) is 0 Å². The first-order valence-corrected chi connectivity index (χ1v) is 9.33. The molecule has 0 aromatic heterocycles. The Hall–Kier alpha value is -2.24. The highest BCUT2D eigenvalue weighted by atomic mass is 35.5. The van der Waals surface area contributed by atoms with Crippen molar-refractivity contribution in [2.24, 2.45) is 0 Å². The first-order chi connectivity index (χ1) is 12.6. The van der Waals surface area contributed by atoms with Gasteiger partial charge in [0.25, 0.3) is 0 Å². The fourth-order valence-corrected chi connectivity index (χ4v) is 3.21. The van der Waals surface area contributed by atoms with Crippen molar-refractivity contribution in [3.05, 3.63) is 59.1 Å². The maximum absolute atomic E-state index is 11.9. The molecule has 0 saturated carbocycles. The summed E-state index contributed by atoms with van der Waals surface area (Å²) in [5.41, 5.74) is 3.09. The normalized spacial score (nSPS) is 14.9. The maximum atomic E-state index is 11.9. The van der Waals surface area contributed by atoms with Crippen LogP contribution in [-0.2, 0) is 0 Å². The topological polar surface area (TPSA) is 47.6 Å². The molecule has 1 fully saturated rings. The number of hydrogen-bond donors (Lipinski definition) is 2. The number of nitrogens with one attached hydrogen (secondary N) is 2. The molecular formula is C20H25ClN4O. The minimum atomic E-state index is -0.163. The van der Waals surface area contributed by atoms with Gasteiger partial charge in [-0.25, -0.2) is 4.79 Å². The number of carbonyl (C=O) groups excluding carboxylic acids is 1. The van der Waals surface area contributed by atoms with E-state index in [0.29, 0.717) is 6.54 Å². The summed E-state index contributed by atoms with van der Waals surface area (Å²) in [5.74, 6) is 0. The van der Waals surface area contributed by atoms with Crippen molar-refractivity contribution in [3.63, 3.8) is 0 Å². The number of hydrogen-bond acceptors (Lipinski definition) is 3. The first-order valence-electron chi connectivity index (χ1n) is 8.95. The smallest absolute Gasteiger partial charge is 0.319 e. The van der Waals surface area contributed by atoms with E-state index in [9.17, 15) is 4.79 Å². The Bertz CT molecular complexity index is 730. The first kappa shape index (κ1) is 18.5. The lowest BCUT2D eigenvalue weighted by molar-refractivity contribution is 0.240. The largest absolute Gasteiger partial charge is 0.369 e. The Morgan fingerprint density at radius 3 is 2.50 bits per heavy atom. The Balaban J connectivity index is 1.37. The number of para-hydroxylation sites is 1. The van der Waals surface area contributed by atoms with Crippen LogP contribution in [0.1, 0.15) is 5.56 Å². The summed E-state index contributed by atoms with van der Waals surface area (Å²) in [6.07, 6.45) is 0. The summed E-state index contributed by atoms with van der Waals surface area (Å²) in [7, 11) is 0. The quantitative estimate of drug-likeness (QED) is 0.843. The van der Waals surface area contributed by atoms with Crippen LogP contribution in [0, 0.1) is 6.92 Å². The van der Waals surface area contributed by atoms with Crippen molar-refractivity contribution in [1.82, 2.24) is 10.2 Å². The van der Waals surface area contributed by atoms with Gasteiger partial charge in [-0.05, 0) is 36.8 Å². The van der Waals surface area contributed by atoms with Gasteiger partial charge in [0.15, 0.2) is 0 Å². The van der Waals surface area contributed by atoms with Crippen LogP contribution < -0.4 is 15.5 Å². The van der Waals surface area contributed by atoms with Crippen LogP contribution >= 0.6 is 11.6 Å². The van der Waals surface area contributed by atoms with Gasteiger partial charge in [-0.2, -0.15) is 0 Å². The second-order valence-electron chi connectivity index (χ2n) is 6.51. The molecule has 1 heterocycles. The molecule has 1 aliphatic heterocycles. The molecule has 5 nitrogen and oxygen atoms in total. The van der Waals surface area contributed by atoms with Gasteiger partial charge in [-0.1, -0.05) is 35.9 Å². The standard InChI is InChI=1S/C20H25ClN4O/c1-16-7-8-18(15-19(16)21)25-13-11-24(12-14-25)10-9-22-20(26)23-17-5-3-2-4-6-17/h2-8,15H,9-14H2,1H3,(H2,22,23,26). The number of amides is 2. The van der Waals surface area contributed by atoms with Crippen LogP contribution in [0.15, 0.2) is 48.5 Å². The van der Waals surface area contributed by atoms with Crippen LogP contribution in [0.2, 0.25) is 5.02 Å². The van der Waals surface area contributed by atoms with Crippen molar-refractivity contribution < 1.29 is 4.79 Å². The van der Waals surface area contributed by atoms with Gasteiger partial charge in [0.05, 0.1) is 0 Å². The van der Waals surface area contributed by atoms with Crippen LogP contribution in [-0.4, -0.2) is 50.2 Å². The molecule has 2 N–H and O–H groups in total. The van der Waals surface area contributed by atoms with Gasteiger partial charge in [-0.15, -0.1) is 0 Å². The van der Waals surface area contributed by atoms with Gasteiger partial charge < -0.3 is 15.5 Å². The molecule has 2 amide bonds. The van der Waals surface area contributed by atoms with E-state index in [0.717, 1.165) is 49.0 Å². The molecule has 0 spiro atoms. The molecule has 1 aliphatic rings. The molecule has 1 saturated heterocycles. The molecule has 3 rings (SSSR count). The Kier molecular flexibility index (Phi) is 6.36. The number of benzene rings is 2. The number of nitrogens with zero attached hydrogens (tertiary/aromatic N) is 2. The highest BCUT2D eigenvalue weighted by molar-refractivity contribution is 6.31. The van der Waals surface area contributed by atoms with Gasteiger partial charge >= 0.3 is 6.03 Å². The van der Waals surface area contributed by atoms with E-state index < -0.39 is 0 Å². The zero-order valence-corrected chi connectivity index (χ0v) is 15.8. The molecule has 138 valence electrons. The summed E-state index contributed by atoms with van der Waals surface area (Å²) in [6.45, 7) is 7.40. The lowest BCUT2D eigenvalue weighted by atomic mass is 10.2. The monoisotopic (exact) mass is 372 g/mol. The highest BCUT2D eigenvalue weighted by Crippen LogP contribution is 2.23. The van der Waals surface area contributed by atoms with E-state index in [1.54, 1.807) is 0 Å². The van der Waals surface area contributed by atoms with E-state index in [1.165, 1.54) is 5.69 Å². The van der Waals surface area contributed by atoms with E-state index in [1.807, 2.05) is 43.3 Å². The molecule has 0 aliphatic carbocycles. The Morgan fingerprint density at radius 2 is 1.81 bits per heavy atom. The lowest BCUT2D eigenvalue weighted by Gasteiger charge is -2.36. The van der Waals surface area contributed by atoms with Crippen LogP contribution in [0.25, 0.3) is 0 Å². The average molecular weight is 373 g/mol. The summed E-state index contributed by atoms with van der Waals surface area (Å²) in [6, 6.07) is 15.5. The molecule has 0 atom stereocenters. The number of anilines is 2. The molecule has 2 aromatic carbocycles. The van der Waals surface area contributed by atoms with E-state index in [-0.39, 0.29) is 6.03 Å². The summed E-state index contributed by atoms with van der Waals surface area (Å²) < 4.78 is 0. The third kappa shape index (κ3) is 5.13. The summed E-state index contributed by atoms with van der Waals surface area (Å²) in [4.78, 5) is 16.6. The third-order valence-electron chi connectivity index (χ3n) is 4.64. The van der Waals surface area contributed by atoms with Crippen LogP contribution in [0.5, 0.6) is 0 Å². The predicted octanol–water partition coefficient (Wildman–Crippen LogP) is 3.59. The fraction of sp³-hybridized carbons (Fsp3) is 0.350. The predicted molar refractivity (Wildman–Crippen MR) is 108 cm³/mol. The third-order valence-corrected chi connectivity index (χ3v) is 5.05. The Morgan fingerprint density at radius 1 is 1.08 bits per heavy atom. The van der Waals surface area contributed by atoms with E-state index in [4.69, 9.17) is 11.6 Å². The lowest BCUT2D eigenvalue weighted by Crippen LogP contribution is -2.48. The van der Waals surface area contributed by atoms with Crippen molar-refractivity contribution >= 4 is 29.0 Å². The Labute approximate surface area is 159 Å². The molecule has 0 bridgehead atoms. The average Bonchev–Trinajstić information content (AvgIpc) is 2.65. The van der Waals surface area contributed by atoms with Crippen molar-refractivity contribution in [2.45, 2.75) is 6.92 Å². The minimum Gasteiger partial charge on any atom is -0.369 e. The molecular weight excluding hydrogens is 348 g/mol. The van der Waals surface area contributed by atoms with E-state index in [2.05, 4.69) is 32.6 Å². The van der Waals surface area contributed by atoms with E-state index >= 15 is 0 Å². The minimum absolute atomic E-state index is 0.163. The fourth-order valence-electron chi connectivity index (χ4n) is 3.03.